The molecule has 166 valence electrons. The molecule has 0 aliphatic carbocycles. The Balaban J connectivity index is 1.54. The van der Waals surface area contributed by atoms with Gasteiger partial charge in [-0.2, -0.15) is 0 Å². The summed E-state index contributed by atoms with van der Waals surface area (Å²) in [7, 11) is 0. The topological polar surface area (TPSA) is 41.6 Å². The summed E-state index contributed by atoms with van der Waals surface area (Å²) in [5.74, 6) is 0.890. The van der Waals surface area contributed by atoms with Crippen LogP contribution in [-0.4, -0.2) is 17.4 Å². The highest BCUT2D eigenvalue weighted by molar-refractivity contribution is 6.01. The van der Waals surface area contributed by atoms with Gasteiger partial charge in [0.2, 0.25) is 0 Å². The van der Waals surface area contributed by atoms with E-state index in [9.17, 15) is 4.79 Å². The Labute approximate surface area is 191 Å². The van der Waals surface area contributed by atoms with Crippen molar-refractivity contribution in [3.05, 3.63) is 95.6 Å². The van der Waals surface area contributed by atoms with E-state index >= 15 is 0 Å². The van der Waals surface area contributed by atoms with Crippen molar-refractivity contribution in [1.82, 2.24) is 4.90 Å². The molecular formula is C28H32N2O2. The number of nitrogens with one attached hydrogen (secondary N) is 1. The summed E-state index contributed by atoms with van der Waals surface area (Å²) in [5.41, 5.74) is 3.70. The first-order valence-corrected chi connectivity index (χ1v) is 11.7. The van der Waals surface area contributed by atoms with Crippen LogP contribution in [0.15, 0.2) is 78.9 Å². The number of hydrogen-bond donors (Lipinski definition) is 1. The quantitative estimate of drug-likeness (QED) is 0.361. The van der Waals surface area contributed by atoms with Gasteiger partial charge in [-0.1, -0.05) is 87.2 Å². The maximum absolute atomic E-state index is 13.4. The number of carbonyl (C=O) groups excluding carboxylic acids is 1. The molecule has 0 saturated carbocycles. The van der Waals surface area contributed by atoms with E-state index in [1.54, 1.807) is 0 Å². The summed E-state index contributed by atoms with van der Waals surface area (Å²) in [4.78, 5) is 15.3. The van der Waals surface area contributed by atoms with Gasteiger partial charge in [0.25, 0.3) is 5.91 Å². The molecule has 1 heterocycles. The zero-order valence-corrected chi connectivity index (χ0v) is 18.8. The molecule has 3 aromatic carbocycles. The van der Waals surface area contributed by atoms with Gasteiger partial charge in [0.1, 0.15) is 11.9 Å². The minimum Gasteiger partial charge on any atom is -0.494 e. The normalized spacial score (nSPS) is 15.2. The van der Waals surface area contributed by atoms with E-state index in [4.69, 9.17) is 4.74 Å². The minimum atomic E-state index is -0.259. The third-order valence-electron chi connectivity index (χ3n) is 5.91. The number of ether oxygens (including phenoxy) is 1. The fourth-order valence-corrected chi connectivity index (χ4v) is 4.17. The van der Waals surface area contributed by atoms with Crippen LogP contribution in [0.4, 0.5) is 5.69 Å². The number of anilines is 1. The van der Waals surface area contributed by atoms with E-state index in [0.29, 0.717) is 12.1 Å². The van der Waals surface area contributed by atoms with Crippen molar-refractivity contribution < 1.29 is 9.53 Å². The Kier molecular flexibility index (Phi) is 7.44. The first-order chi connectivity index (χ1) is 15.8. The highest BCUT2D eigenvalue weighted by Crippen LogP contribution is 2.35. The Morgan fingerprint density at radius 1 is 0.875 bits per heavy atom. The zero-order chi connectivity index (χ0) is 22.2. The van der Waals surface area contributed by atoms with Crippen molar-refractivity contribution in [2.24, 2.45) is 0 Å². The standard InChI is InChI=1S/C28H32N2O2/c1-2-3-4-5-11-19-32-24-16-12-15-23(20-24)27-29-26-18-10-9-17-25(26)28(31)30(27)21-22-13-7-6-8-14-22/h6-10,12-18,20,27,29H,2-5,11,19,21H2,1H3. The van der Waals surface area contributed by atoms with Gasteiger partial charge < -0.3 is 15.0 Å². The van der Waals surface area contributed by atoms with Crippen LogP contribution in [0.1, 0.15) is 66.7 Å². The van der Waals surface area contributed by atoms with Gasteiger partial charge in [-0.25, -0.2) is 0 Å². The molecule has 3 aromatic rings. The fourth-order valence-electron chi connectivity index (χ4n) is 4.17. The van der Waals surface area contributed by atoms with E-state index in [-0.39, 0.29) is 12.1 Å². The largest absolute Gasteiger partial charge is 0.494 e. The average Bonchev–Trinajstić information content (AvgIpc) is 2.84. The van der Waals surface area contributed by atoms with Crippen LogP contribution < -0.4 is 10.1 Å². The third kappa shape index (κ3) is 5.31. The molecule has 1 amide bonds. The maximum Gasteiger partial charge on any atom is 0.258 e. The van der Waals surface area contributed by atoms with Gasteiger partial charge in [-0.3, -0.25) is 4.79 Å². The van der Waals surface area contributed by atoms with Crippen LogP contribution in [0.2, 0.25) is 0 Å². The lowest BCUT2D eigenvalue weighted by molar-refractivity contribution is 0.0666. The van der Waals surface area contributed by atoms with Crippen molar-refractivity contribution in [3.8, 4) is 5.75 Å². The van der Waals surface area contributed by atoms with E-state index in [1.807, 2.05) is 59.5 Å². The number of rotatable bonds is 10. The number of unbranched alkanes of at least 4 members (excludes halogenated alkanes) is 4. The Bertz CT molecular complexity index is 1020. The molecule has 0 bridgehead atoms. The molecule has 1 unspecified atom stereocenters. The molecule has 4 nitrogen and oxygen atoms in total. The summed E-state index contributed by atoms with van der Waals surface area (Å²) in [6.45, 7) is 3.49. The number of carbonyl (C=O) groups is 1. The minimum absolute atomic E-state index is 0.0375. The summed E-state index contributed by atoms with van der Waals surface area (Å²) in [5, 5.41) is 3.58. The first-order valence-electron chi connectivity index (χ1n) is 11.7. The molecule has 0 spiro atoms. The van der Waals surface area contributed by atoms with E-state index in [2.05, 4.69) is 36.5 Å². The van der Waals surface area contributed by atoms with Crippen molar-refractivity contribution in [3.63, 3.8) is 0 Å². The summed E-state index contributed by atoms with van der Waals surface area (Å²) < 4.78 is 6.04. The molecule has 1 N–H and O–H groups in total. The zero-order valence-electron chi connectivity index (χ0n) is 18.8. The van der Waals surface area contributed by atoms with Gasteiger partial charge in [-0.15, -0.1) is 0 Å². The molecule has 0 saturated heterocycles. The van der Waals surface area contributed by atoms with Crippen molar-refractivity contribution in [2.75, 3.05) is 11.9 Å². The predicted molar refractivity (Wildman–Crippen MR) is 130 cm³/mol. The Morgan fingerprint density at radius 3 is 2.50 bits per heavy atom. The molecule has 0 aromatic heterocycles. The molecule has 0 radical (unpaired) electrons. The third-order valence-corrected chi connectivity index (χ3v) is 5.91. The van der Waals surface area contributed by atoms with Gasteiger partial charge in [0.15, 0.2) is 0 Å². The highest BCUT2D eigenvalue weighted by atomic mass is 16.5. The molecule has 4 heteroatoms. The maximum atomic E-state index is 13.4. The Morgan fingerprint density at radius 2 is 1.66 bits per heavy atom. The monoisotopic (exact) mass is 428 g/mol. The van der Waals surface area contributed by atoms with Crippen LogP contribution >= 0.6 is 0 Å². The van der Waals surface area contributed by atoms with Crippen LogP contribution in [0.25, 0.3) is 0 Å². The second kappa shape index (κ2) is 10.9. The molecule has 1 atom stereocenters. The van der Waals surface area contributed by atoms with Gasteiger partial charge in [-0.05, 0) is 41.8 Å². The summed E-state index contributed by atoms with van der Waals surface area (Å²) in [6, 6.07) is 26.0. The van der Waals surface area contributed by atoms with Crippen molar-refractivity contribution in [2.45, 2.75) is 51.7 Å². The molecule has 1 aliphatic heterocycles. The molecule has 1 aliphatic rings. The fraction of sp³-hybridized carbons (Fsp3) is 0.321. The molecule has 4 rings (SSSR count). The van der Waals surface area contributed by atoms with Crippen molar-refractivity contribution >= 4 is 11.6 Å². The van der Waals surface area contributed by atoms with E-state index < -0.39 is 0 Å². The number of nitrogens with zero attached hydrogens (tertiary/aromatic N) is 1. The number of benzene rings is 3. The van der Waals surface area contributed by atoms with E-state index in [1.165, 1.54) is 25.7 Å². The van der Waals surface area contributed by atoms with E-state index in [0.717, 1.165) is 35.6 Å². The highest BCUT2D eigenvalue weighted by Gasteiger charge is 2.32. The van der Waals surface area contributed by atoms with Crippen LogP contribution in [0, 0.1) is 0 Å². The van der Waals surface area contributed by atoms with Crippen molar-refractivity contribution in [1.29, 1.82) is 0 Å². The van der Waals surface area contributed by atoms with Crippen LogP contribution in [-0.2, 0) is 6.54 Å². The number of hydrogen-bond acceptors (Lipinski definition) is 3. The van der Waals surface area contributed by atoms with Gasteiger partial charge in [0.05, 0.1) is 12.2 Å². The second-order valence-corrected chi connectivity index (χ2v) is 8.35. The lowest BCUT2D eigenvalue weighted by Gasteiger charge is -2.38. The summed E-state index contributed by atoms with van der Waals surface area (Å²) >= 11 is 0. The SMILES string of the molecule is CCCCCCCOc1cccc(C2Nc3ccccc3C(=O)N2Cc2ccccc2)c1. The lowest BCUT2D eigenvalue weighted by atomic mass is 10.0. The molecular weight excluding hydrogens is 396 g/mol. The average molecular weight is 429 g/mol. The molecule has 0 fully saturated rings. The second-order valence-electron chi connectivity index (χ2n) is 8.35. The Hall–Kier alpha value is -3.27. The van der Waals surface area contributed by atoms with Crippen LogP contribution in [0.3, 0.4) is 0 Å². The van der Waals surface area contributed by atoms with Gasteiger partial charge in [0, 0.05) is 12.2 Å². The van der Waals surface area contributed by atoms with Crippen LogP contribution in [0.5, 0.6) is 5.75 Å². The smallest absolute Gasteiger partial charge is 0.258 e. The molecule has 32 heavy (non-hydrogen) atoms. The number of amides is 1. The first kappa shape index (κ1) is 21.9. The predicted octanol–water partition coefficient (Wildman–Crippen LogP) is 6.80. The lowest BCUT2D eigenvalue weighted by Crippen LogP contribution is -2.42. The number of fused-ring (bicyclic) bond motifs is 1. The number of para-hydroxylation sites is 1. The van der Waals surface area contributed by atoms with Gasteiger partial charge >= 0.3 is 0 Å². The summed E-state index contributed by atoms with van der Waals surface area (Å²) in [6.07, 6.45) is 5.81.